The number of carbonyl (C=O) groups is 1. The molecule has 0 saturated heterocycles. The molecule has 1 N–H and O–H groups in total. The van der Waals surface area contributed by atoms with Crippen LogP contribution in [0.3, 0.4) is 0 Å². The number of benzene rings is 1. The van der Waals surface area contributed by atoms with Crippen molar-refractivity contribution in [3.63, 3.8) is 0 Å². The molecular weight excluding hydrogens is 268 g/mol. The smallest absolute Gasteiger partial charge is 0.320 e. The molecule has 1 aromatic carbocycles. The van der Waals surface area contributed by atoms with Crippen LogP contribution in [0.25, 0.3) is 0 Å². The van der Waals surface area contributed by atoms with Crippen LogP contribution in [0, 0.1) is 0 Å². The van der Waals surface area contributed by atoms with Gasteiger partial charge < -0.3 is 5.11 Å². The third-order valence-electron chi connectivity index (χ3n) is 3.17. The highest BCUT2D eigenvalue weighted by Crippen LogP contribution is 2.24. The number of aliphatic carboxylic acids is 1. The number of carboxylic acids is 1. The standard InChI is InChI=1S/C17H24O2S/c1-3-4-5-7-10-14(2)16(17(18)19)20-13-15-11-8-6-9-12-15/h6,8-12,16H,3-5,7,13H2,1-2H3,(H,18,19). The molecule has 0 aliphatic rings. The third kappa shape index (κ3) is 6.29. The highest BCUT2D eigenvalue weighted by Gasteiger charge is 2.19. The molecule has 0 heterocycles. The van der Waals surface area contributed by atoms with E-state index < -0.39 is 11.2 Å². The van der Waals surface area contributed by atoms with Crippen LogP contribution in [0.4, 0.5) is 0 Å². The van der Waals surface area contributed by atoms with E-state index in [2.05, 4.69) is 13.0 Å². The Balaban J connectivity index is 2.53. The van der Waals surface area contributed by atoms with Gasteiger partial charge in [0.15, 0.2) is 0 Å². The number of hydrogen-bond acceptors (Lipinski definition) is 2. The van der Waals surface area contributed by atoms with E-state index in [9.17, 15) is 9.90 Å². The molecule has 20 heavy (non-hydrogen) atoms. The van der Waals surface area contributed by atoms with E-state index >= 15 is 0 Å². The van der Waals surface area contributed by atoms with Crippen molar-refractivity contribution in [3.05, 3.63) is 47.5 Å². The quantitative estimate of drug-likeness (QED) is 0.519. The van der Waals surface area contributed by atoms with Gasteiger partial charge in [-0.3, -0.25) is 4.79 Å². The first-order valence-electron chi connectivity index (χ1n) is 7.20. The molecule has 1 unspecified atom stereocenters. The lowest BCUT2D eigenvalue weighted by Crippen LogP contribution is -2.18. The summed E-state index contributed by atoms with van der Waals surface area (Å²) in [6.07, 6.45) is 6.61. The predicted octanol–water partition coefficient (Wildman–Crippen LogP) is 4.90. The number of allylic oxidation sites excluding steroid dienone is 1. The SMILES string of the molecule is CCCCCC=C(C)C(SCc1ccccc1)C(=O)O. The topological polar surface area (TPSA) is 37.3 Å². The first-order chi connectivity index (χ1) is 9.65. The van der Waals surface area contributed by atoms with E-state index in [1.54, 1.807) is 0 Å². The van der Waals surface area contributed by atoms with Crippen molar-refractivity contribution in [3.8, 4) is 0 Å². The lowest BCUT2D eigenvalue weighted by Gasteiger charge is -2.13. The molecule has 0 radical (unpaired) electrons. The molecule has 2 nitrogen and oxygen atoms in total. The fourth-order valence-electron chi connectivity index (χ4n) is 1.98. The van der Waals surface area contributed by atoms with Crippen LogP contribution in [0.5, 0.6) is 0 Å². The fraction of sp³-hybridized carbons (Fsp3) is 0.471. The van der Waals surface area contributed by atoms with E-state index in [0.717, 1.165) is 24.2 Å². The molecular formula is C17H24O2S. The minimum Gasteiger partial charge on any atom is -0.480 e. The second kappa shape index (κ2) is 9.65. The Morgan fingerprint density at radius 3 is 2.60 bits per heavy atom. The summed E-state index contributed by atoms with van der Waals surface area (Å²) in [5, 5.41) is 8.93. The maximum atomic E-state index is 11.4. The van der Waals surface area contributed by atoms with Gasteiger partial charge in [0, 0.05) is 5.75 Å². The molecule has 0 aliphatic carbocycles. The highest BCUT2D eigenvalue weighted by atomic mass is 32.2. The van der Waals surface area contributed by atoms with E-state index in [-0.39, 0.29) is 0 Å². The van der Waals surface area contributed by atoms with Crippen LogP contribution in [-0.2, 0) is 10.5 Å². The molecule has 0 spiro atoms. The van der Waals surface area contributed by atoms with Crippen LogP contribution < -0.4 is 0 Å². The lowest BCUT2D eigenvalue weighted by atomic mass is 10.1. The van der Waals surface area contributed by atoms with Gasteiger partial charge in [-0.05, 0) is 25.3 Å². The van der Waals surface area contributed by atoms with Gasteiger partial charge in [-0.25, -0.2) is 0 Å². The minimum atomic E-state index is -0.741. The summed E-state index contributed by atoms with van der Waals surface area (Å²) in [5.41, 5.74) is 2.14. The second-order valence-electron chi connectivity index (χ2n) is 4.96. The zero-order valence-electron chi connectivity index (χ0n) is 12.3. The molecule has 0 amide bonds. The van der Waals surface area contributed by atoms with E-state index in [1.165, 1.54) is 30.2 Å². The first-order valence-corrected chi connectivity index (χ1v) is 8.25. The van der Waals surface area contributed by atoms with Crippen molar-refractivity contribution in [1.29, 1.82) is 0 Å². The molecule has 110 valence electrons. The van der Waals surface area contributed by atoms with Gasteiger partial charge in [0.25, 0.3) is 0 Å². The summed E-state index contributed by atoms with van der Waals surface area (Å²) in [6.45, 7) is 4.11. The Labute approximate surface area is 126 Å². The van der Waals surface area contributed by atoms with E-state index in [1.807, 2.05) is 37.3 Å². The van der Waals surface area contributed by atoms with Gasteiger partial charge in [-0.15, -0.1) is 11.8 Å². The molecule has 1 aromatic rings. The average molecular weight is 292 g/mol. The zero-order valence-corrected chi connectivity index (χ0v) is 13.2. The number of hydrogen-bond donors (Lipinski definition) is 1. The first kappa shape index (κ1) is 16.8. The molecule has 3 heteroatoms. The fourth-order valence-corrected chi connectivity index (χ4v) is 3.04. The number of unbranched alkanes of at least 4 members (excludes halogenated alkanes) is 3. The normalized spacial score (nSPS) is 13.2. The van der Waals surface area contributed by atoms with Crippen molar-refractivity contribution >= 4 is 17.7 Å². The lowest BCUT2D eigenvalue weighted by molar-refractivity contribution is -0.135. The molecule has 1 atom stereocenters. The van der Waals surface area contributed by atoms with Gasteiger partial charge in [0.2, 0.25) is 0 Å². The van der Waals surface area contributed by atoms with E-state index in [4.69, 9.17) is 0 Å². The Morgan fingerprint density at radius 2 is 2.00 bits per heavy atom. The van der Waals surface area contributed by atoms with Gasteiger partial charge >= 0.3 is 5.97 Å². The van der Waals surface area contributed by atoms with Gasteiger partial charge in [-0.1, -0.05) is 61.7 Å². The number of carboxylic acid groups (broad SMARTS) is 1. The maximum Gasteiger partial charge on any atom is 0.320 e. The monoisotopic (exact) mass is 292 g/mol. The van der Waals surface area contributed by atoms with Crippen LogP contribution in [-0.4, -0.2) is 16.3 Å². The summed E-state index contributed by atoms with van der Waals surface area (Å²) in [7, 11) is 0. The van der Waals surface area contributed by atoms with Gasteiger partial charge in [0.1, 0.15) is 5.25 Å². The largest absolute Gasteiger partial charge is 0.480 e. The van der Waals surface area contributed by atoms with Crippen molar-refractivity contribution in [1.82, 2.24) is 0 Å². The Hall–Kier alpha value is -1.22. The van der Waals surface area contributed by atoms with E-state index in [0.29, 0.717) is 0 Å². The van der Waals surface area contributed by atoms with Crippen molar-refractivity contribution < 1.29 is 9.90 Å². The van der Waals surface area contributed by atoms with Gasteiger partial charge in [0.05, 0.1) is 0 Å². The molecule has 0 aromatic heterocycles. The van der Waals surface area contributed by atoms with Crippen molar-refractivity contribution in [2.75, 3.05) is 0 Å². The Bertz CT molecular complexity index is 426. The number of rotatable bonds is 9. The zero-order chi connectivity index (χ0) is 14.8. The summed E-state index contributed by atoms with van der Waals surface area (Å²) in [5.74, 6) is -0.00651. The predicted molar refractivity (Wildman–Crippen MR) is 87.1 cm³/mol. The highest BCUT2D eigenvalue weighted by molar-refractivity contribution is 8.00. The number of thioether (sulfide) groups is 1. The summed E-state index contributed by atoms with van der Waals surface area (Å²) < 4.78 is 0. The third-order valence-corrected chi connectivity index (χ3v) is 4.58. The van der Waals surface area contributed by atoms with Gasteiger partial charge in [-0.2, -0.15) is 0 Å². The van der Waals surface area contributed by atoms with Crippen LogP contribution >= 0.6 is 11.8 Å². The van der Waals surface area contributed by atoms with Crippen LogP contribution in [0.1, 0.15) is 45.1 Å². The van der Waals surface area contributed by atoms with Crippen molar-refractivity contribution in [2.45, 2.75) is 50.5 Å². The molecule has 0 fully saturated rings. The second-order valence-corrected chi connectivity index (χ2v) is 6.05. The Morgan fingerprint density at radius 1 is 1.30 bits per heavy atom. The average Bonchev–Trinajstić information content (AvgIpc) is 2.44. The molecule has 0 aliphatic heterocycles. The Kier molecular flexibility index (Phi) is 8.12. The summed E-state index contributed by atoms with van der Waals surface area (Å²) in [6, 6.07) is 10.0. The minimum absolute atomic E-state index is 0.433. The maximum absolute atomic E-state index is 11.4. The van der Waals surface area contributed by atoms with Crippen molar-refractivity contribution in [2.24, 2.45) is 0 Å². The summed E-state index contributed by atoms with van der Waals surface area (Å²) >= 11 is 1.49. The van der Waals surface area contributed by atoms with Crippen LogP contribution in [0.15, 0.2) is 42.0 Å². The molecule has 0 bridgehead atoms. The van der Waals surface area contributed by atoms with Crippen LogP contribution in [0.2, 0.25) is 0 Å². The molecule has 0 saturated carbocycles. The summed E-state index contributed by atoms with van der Waals surface area (Å²) in [4.78, 5) is 11.4. The molecule has 1 rings (SSSR count).